The van der Waals surface area contributed by atoms with E-state index in [4.69, 9.17) is 10.2 Å². The fourth-order valence-electron chi connectivity index (χ4n) is 1.76. The van der Waals surface area contributed by atoms with E-state index in [9.17, 15) is 14.4 Å². The zero-order chi connectivity index (χ0) is 13.7. The van der Waals surface area contributed by atoms with E-state index in [0.717, 1.165) is 0 Å². The number of rotatable bonds is 4. The number of hydrogen-bond donors (Lipinski definition) is 3. The molecule has 1 saturated heterocycles. The van der Waals surface area contributed by atoms with E-state index in [2.05, 4.69) is 10.1 Å². The third-order valence-corrected chi connectivity index (χ3v) is 2.72. The Kier molecular flexibility index (Phi) is 4.90. The number of methoxy groups -OCH3 is 1. The third kappa shape index (κ3) is 3.33. The number of aliphatic carboxylic acids is 1. The van der Waals surface area contributed by atoms with Crippen LogP contribution in [0.1, 0.15) is 12.8 Å². The number of amides is 2. The van der Waals surface area contributed by atoms with Crippen molar-refractivity contribution >= 4 is 18.0 Å². The first-order valence-electron chi connectivity index (χ1n) is 5.50. The summed E-state index contributed by atoms with van der Waals surface area (Å²) in [5.74, 6) is -1.91. The van der Waals surface area contributed by atoms with E-state index in [1.807, 2.05) is 0 Å². The van der Waals surface area contributed by atoms with Crippen LogP contribution in [0, 0.1) is 0 Å². The number of hydrogen-bond acceptors (Lipinski definition) is 5. The largest absolute Gasteiger partial charge is 0.479 e. The second kappa shape index (κ2) is 6.20. The number of carbonyl (C=O) groups is 3. The van der Waals surface area contributed by atoms with Gasteiger partial charge in [-0.05, 0) is 12.8 Å². The van der Waals surface area contributed by atoms with Gasteiger partial charge in [0.1, 0.15) is 6.04 Å². The Morgan fingerprint density at radius 1 is 1.50 bits per heavy atom. The number of aliphatic hydroxyl groups is 1. The highest BCUT2D eigenvalue weighted by Crippen LogP contribution is 2.18. The van der Waals surface area contributed by atoms with Crippen molar-refractivity contribution in [3.05, 3.63) is 0 Å². The molecule has 0 spiro atoms. The Morgan fingerprint density at radius 2 is 2.17 bits per heavy atom. The van der Waals surface area contributed by atoms with E-state index >= 15 is 0 Å². The van der Waals surface area contributed by atoms with Gasteiger partial charge in [0.2, 0.25) is 0 Å². The minimum Gasteiger partial charge on any atom is -0.479 e. The van der Waals surface area contributed by atoms with Crippen molar-refractivity contribution in [2.75, 3.05) is 20.2 Å². The van der Waals surface area contributed by atoms with Crippen LogP contribution in [0.3, 0.4) is 0 Å². The number of aliphatic hydroxyl groups excluding tert-OH is 1. The standard InChI is InChI=1S/C10H16N2O6/c1-18-9(16)6-3-2-4-12(6)10(17)11-5-7(13)8(14)15/h6-7,13H,2-5H2,1H3,(H,11,17)(H,14,15). The quantitative estimate of drug-likeness (QED) is 0.545. The number of nitrogens with zero attached hydrogens (tertiary/aromatic N) is 1. The third-order valence-electron chi connectivity index (χ3n) is 2.72. The van der Waals surface area contributed by atoms with Gasteiger partial charge >= 0.3 is 18.0 Å². The molecule has 102 valence electrons. The van der Waals surface area contributed by atoms with Gasteiger partial charge in [-0.2, -0.15) is 0 Å². The molecule has 3 N–H and O–H groups in total. The molecule has 1 heterocycles. The summed E-state index contributed by atoms with van der Waals surface area (Å²) in [6.07, 6.45) is -0.468. The highest BCUT2D eigenvalue weighted by Gasteiger charge is 2.35. The maximum atomic E-state index is 11.7. The first-order valence-corrected chi connectivity index (χ1v) is 5.50. The number of esters is 1. The zero-order valence-corrected chi connectivity index (χ0v) is 9.96. The van der Waals surface area contributed by atoms with E-state index in [0.29, 0.717) is 19.4 Å². The summed E-state index contributed by atoms with van der Waals surface area (Å²) in [6.45, 7) is -0.00662. The molecule has 0 aromatic heterocycles. The number of carboxylic acid groups (broad SMARTS) is 1. The summed E-state index contributed by atoms with van der Waals surface area (Å²) in [5, 5.41) is 19.7. The Bertz CT molecular complexity index is 345. The van der Waals surface area contributed by atoms with Crippen molar-refractivity contribution in [3.63, 3.8) is 0 Å². The van der Waals surface area contributed by atoms with Crippen LogP contribution in [0.15, 0.2) is 0 Å². The summed E-state index contributed by atoms with van der Waals surface area (Å²) in [6, 6.07) is -1.22. The predicted molar refractivity (Wildman–Crippen MR) is 58.8 cm³/mol. The summed E-state index contributed by atoms with van der Waals surface area (Å²) < 4.78 is 4.57. The molecule has 1 rings (SSSR count). The molecule has 0 saturated carbocycles. The van der Waals surface area contributed by atoms with Gasteiger partial charge in [-0.25, -0.2) is 14.4 Å². The van der Waals surface area contributed by atoms with Gasteiger partial charge in [0.15, 0.2) is 6.10 Å². The molecule has 8 heteroatoms. The fourth-order valence-corrected chi connectivity index (χ4v) is 1.76. The molecule has 18 heavy (non-hydrogen) atoms. The second-order valence-corrected chi connectivity index (χ2v) is 3.91. The van der Waals surface area contributed by atoms with Crippen molar-refractivity contribution in [1.29, 1.82) is 0 Å². The Hall–Kier alpha value is -1.83. The monoisotopic (exact) mass is 260 g/mol. The normalized spacial score (nSPS) is 20.3. The summed E-state index contributed by atoms with van der Waals surface area (Å²) in [7, 11) is 1.24. The van der Waals surface area contributed by atoms with Gasteiger partial charge in [0, 0.05) is 6.54 Å². The lowest BCUT2D eigenvalue weighted by molar-refractivity contribution is -0.147. The fraction of sp³-hybridized carbons (Fsp3) is 0.700. The van der Waals surface area contributed by atoms with Crippen molar-refractivity contribution in [3.8, 4) is 0 Å². The molecule has 0 aliphatic carbocycles. The van der Waals surface area contributed by atoms with E-state index in [-0.39, 0.29) is 0 Å². The van der Waals surface area contributed by atoms with Crippen LogP contribution in [-0.4, -0.2) is 65.4 Å². The lowest BCUT2D eigenvalue weighted by Crippen LogP contribution is -2.48. The SMILES string of the molecule is COC(=O)C1CCCN1C(=O)NCC(O)C(=O)O. The van der Waals surface area contributed by atoms with Crippen LogP contribution >= 0.6 is 0 Å². The van der Waals surface area contributed by atoms with Crippen LogP contribution in [0.2, 0.25) is 0 Å². The highest BCUT2D eigenvalue weighted by molar-refractivity contribution is 5.84. The average molecular weight is 260 g/mol. The average Bonchev–Trinajstić information content (AvgIpc) is 2.83. The second-order valence-electron chi connectivity index (χ2n) is 3.91. The van der Waals surface area contributed by atoms with Crippen LogP contribution in [-0.2, 0) is 14.3 Å². The van der Waals surface area contributed by atoms with E-state index < -0.39 is 36.7 Å². The van der Waals surface area contributed by atoms with Crippen LogP contribution in [0.5, 0.6) is 0 Å². The van der Waals surface area contributed by atoms with Crippen LogP contribution in [0.25, 0.3) is 0 Å². The van der Waals surface area contributed by atoms with E-state index in [1.54, 1.807) is 0 Å². The van der Waals surface area contributed by atoms with Crippen molar-refractivity contribution in [1.82, 2.24) is 10.2 Å². The molecule has 0 aromatic carbocycles. The predicted octanol–water partition coefficient (Wildman–Crippen LogP) is -1.22. The number of ether oxygens (including phenoxy) is 1. The molecule has 1 aliphatic heterocycles. The number of carbonyl (C=O) groups excluding carboxylic acids is 2. The molecule has 8 nitrogen and oxygen atoms in total. The maximum Gasteiger partial charge on any atom is 0.334 e. The first kappa shape index (κ1) is 14.2. The van der Waals surface area contributed by atoms with Crippen molar-refractivity contribution < 1.29 is 29.3 Å². The first-order chi connectivity index (χ1) is 8.47. The lowest BCUT2D eigenvalue weighted by Gasteiger charge is -2.23. The smallest absolute Gasteiger partial charge is 0.334 e. The molecule has 2 unspecified atom stereocenters. The molecule has 1 aliphatic rings. The minimum atomic E-state index is -1.66. The molecule has 1 fully saturated rings. The van der Waals surface area contributed by atoms with Gasteiger partial charge in [-0.3, -0.25) is 0 Å². The topological polar surface area (TPSA) is 116 Å². The maximum absolute atomic E-state index is 11.7. The van der Waals surface area contributed by atoms with Gasteiger partial charge in [-0.15, -0.1) is 0 Å². The molecule has 0 bridgehead atoms. The molecular formula is C10H16N2O6. The molecule has 0 aromatic rings. The summed E-state index contributed by atoms with van der Waals surface area (Å²) in [4.78, 5) is 34.7. The highest BCUT2D eigenvalue weighted by atomic mass is 16.5. The molecule has 2 atom stereocenters. The molecule has 0 radical (unpaired) electrons. The zero-order valence-electron chi connectivity index (χ0n) is 9.96. The minimum absolute atomic E-state index is 0.398. The lowest BCUT2D eigenvalue weighted by atomic mass is 10.2. The number of nitrogens with one attached hydrogen (secondary N) is 1. The molecular weight excluding hydrogens is 244 g/mol. The van der Waals surface area contributed by atoms with Crippen molar-refractivity contribution in [2.45, 2.75) is 25.0 Å². The van der Waals surface area contributed by atoms with Crippen molar-refractivity contribution in [2.24, 2.45) is 0 Å². The Balaban J connectivity index is 2.50. The van der Waals surface area contributed by atoms with E-state index in [1.165, 1.54) is 12.0 Å². The number of likely N-dealkylation sites (tertiary alicyclic amines) is 1. The van der Waals surface area contributed by atoms with Gasteiger partial charge in [-0.1, -0.05) is 0 Å². The van der Waals surface area contributed by atoms with Gasteiger partial charge in [0.25, 0.3) is 0 Å². The van der Waals surface area contributed by atoms with Gasteiger partial charge in [0.05, 0.1) is 13.7 Å². The molecule has 2 amide bonds. The van der Waals surface area contributed by atoms with Crippen LogP contribution < -0.4 is 5.32 Å². The Morgan fingerprint density at radius 3 is 2.72 bits per heavy atom. The van der Waals surface area contributed by atoms with Crippen LogP contribution in [0.4, 0.5) is 4.79 Å². The number of urea groups is 1. The number of carboxylic acids is 1. The Labute approximate surface area is 104 Å². The van der Waals surface area contributed by atoms with Gasteiger partial charge < -0.3 is 25.2 Å². The summed E-state index contributed by atoms with van der Waals surface area (Å²) >= 11 is 0. The summed E-state index contributed by atoms with van der Waals surface area (Å²) in [5.41, 5.74) is 0.